The SMILES string of the molecule is CN1C(=O)C[C@H](C(=O)NCCO[C@H]2CC[C@@H](OCCCC(N)=O)CC2)[C@H]1c1cccnc1. The van der Waals surface area contributed by atoms with Crippen molar-refractivity contribution in [1.29, 1.82) is 0 Å². The average Bonchev–Trinajstić information content (AvgIpc) is 3.10. The lowest BCUT2D eigenvalue weighted by molar-refractivity contribution is -0.128. The Bertz CT molecular complexity index is 767. The minimum absolute atomic E-state index is 0.0381. The number of carbonyl (C=O) groups excluding carboxylic acids is 3. The molecule has 2 aliphatic rings. The van der Waals surface area contributed by atoms with Gasteiger partial charge in [0.05, 0.1) is 30.8 Å². The van der Waals surface area contributed by atoms with Crippen molar-refractivity contribution in [2.24, 2.45) is 11.7 Å². The van der Waals surface area contributed by atoms with E-state index in [0.717, 1.165) is 31.2 Å². The Balaban J connectivity index is 1.34. The zero-order valence-corrected chi connectivity index (χ0v) is 18.7. The number of primary amides is 1. The summed E-state index contributed by atoms with van der Waals surface area (Å²) in [4.78, 5) is 41.5. The van der Waals surface area contributed by atoms with Gasteiger partial charge in [-0.25, -0.2) is 0 Å². The third-order valence-electron chi connectivity index (χ3n) is 6.25. The molecule has 9 nitrogen and oxygen atoms in total. The van der Waals surface area contributed by atoms with Gasteiger partial charge in [0, 0.05) is 45.4 Å². The molecule has 0 spiro atoms. The number of carbonyl (C=O) groups is 3. The maximum Gasteiger partial charge on any atom is 0.226 e. The van der Waals surface area contributed by atoms with E-state index in [0.29, 0.717) is 32.6 Å². The zero-order chi connectivity index (χ0) is 22.9. The average molecular weight is 447 g/mol. The summed E-state index contributed by atoms with van der Waals surface area (Å²) in [6, 6.07) is 3.42. The van der Waals surface area contributed by atoms with E-state index in [1.807, 2.05) is 12.1 Å². The molecule has 0 bridgehead atoms. The van der Waals surface area contributed by atoms with E-state index in [1.165, 1.54) is 0 Å². The normalized spacial score (nSPS) is 25.7. The number of rotatable bonds is 11. The first-order valence-corrected chi connectivity index (χ1v) is 11.4. The van der Waals surface area contributed by atoms with Crippen molar-refractivity contribution in [3.8, 4) is 0 Å². The van der Waals surface area contributed by atoms with Crippen LogP contribution >= 0.6 is 0 Å². The third-order valence-corrected chi connectivity index (χ3v) is 6.25. The number of aromatic nitrogens is 1. The monoisotopic (exact) mass is 446 g/mol. The van der Waals surface area contributed by atoms with Crippen LogP contribution in [0, 0.1) is 5.92 Å². The highest BCUT2D eigenvalue weighted by molar-refractivity contribution is 5.90. The Kier molecular flexibility index (Phi) is 8.99. The highest BCUT2D eigenvalue weighted by Crippen LogP contribution is 2.36. The first-order valence-electron chi connectivity index (χ1n) is 11.4. The van der Waals surface area contributed by atoms with E-state index >= 15 is 0 Å². The molecular formula is C23H34N4O5. The molecule has 9 heteroatoms. The molecule has 1 aromatic heterocycles. The minimum atomic E-state index is -0.432. The van der Waals surface area contributed by atoms with Crippen LogP contribution < -0.4 is 11.1 Å². The van der Waals surface area contributed by atoms with Crippen molar-refractivity contribution in [3.63, 3.8) is 0 Å². The van der Waals surface area contributed by atoms with Crippen LogP contribution in [0.1, 0.15) is 56.6 Å². The van der Waals surface area contributed by atoms with Gasteiger partial charge in [0.2, 0.25) is 17.7 Å². The fraction of sp³-hybridized carbons (Fsp3) is 0.652. The summed E-state index contributed by atoms with van der Waals surface area (Å²) in [5, 5.41) is 2.93. The predicted molar refractivity (Wildman–Crippen MR) is 117 cm³/mol. The number of ether oxygens (including phenoxy) is 2. The van der Waals surface area contributed by atoms with Crippen LogP contribution in [0.25, 0.3) is 0 Å². The lowest BCUT2D eigenvalue weighted by atomic mass is 9.94. The van der Waals surface area contributed by atoms with Crippen LogP contribution in [0.5, 0.6) is 0 Å². The predicted octanol–water partition coefficient (Wildman–Crippen LogP) is 1.33. The van der Waals surface area contributed by atoms with Gasteiger partial charge in [-0.15, -0.1) is 0 Å². The third kappa shape index (κ3) is 6.74. The smallest absolute Gasteiger partial charge is 0.226 e. The number of hydrogen-bond donors (Lipinski definition) is 2. The van der Waals surface area contributed by atoms with Crippen molar-refractivity contribution >= 4 is 17.7 Å². The lowest BCUT2D eigenvalue weighted by Crippen LogP contribution is -2.37. The molecule has 1 aromatic rings. The molecule has 1 aliphatic heterocycles. The van der Waals surface area contributed by atoms with E-state index < -0.39 is 5.92 Å². The Morgan fingerprint density at radius 3 is 2.50 bits per heavy atom. The van der Waals surface area contributed by atoms with Crippen LogP contribution in [-0.2, 0) is 23.9 Å². The van der Waals surface area contributed by atoms with Crippen molar-refractivity contribution < 1.29 is 23.9 Å². The highest BCUT2D eigenvalue weighted by atomic mass is 16.5. The molecule has 2 fully saturated rings. The molecule has 0 aromatic carbocycles. The zero-order valence-electron chi connectivity index (χ0n) is 18.7. The summed E-state index contributed by atoms with van der Waals surface area (Å²) in [5.74, 6) is -0.895. The molecule has 0 radical (unpaired) electrons. The molecule has 1 saturated heterocycles. The Hall–Kier alpha value is -2.52. The first-order chi connectivity index (χ1) is 15.5. The van der Waals surface area contributed by atoms with E-state index in [9.17, 15) is 14.4 Å². The van der Waals surface area contributed by atoms with Gasteiger partial charge in [-0.05, 0) is 43.7 Å². The molecular weight excluding hydrogens is 412 g/mol. The second kappa shape index (κ2) is 11.9. The maximum absolute atomic E-state index is 12.8. The number of pyridine rings is 1. The van der Waals surface area contributed by atoms with Crippen molar-refractivity contribution in [3.05, 3.63) is 30.1 Å². The van der Waals surface area contributed by atoms with Crippen LogP contribution in [-0.4, -0.2) is 66.6 Å². The Morgan fingerprint density at radius 1 is 1.19 bits per heavy atom. The fourth-order valence-corrected chi connectivity index (χ4v) is 4.50. The number of nitrogens with zero attached hydrogens (tertiary/aromatic N) is 2. The van der Waals surface area contributed by atoms with Crippen molar-refractivity contribution in [2.75, 3.05) is 26.8 Å². The first kappa shape index (κ1) is 24.1. The molecule has 3 N–H and O–H groups in total. The van der Waals surface area contributed by atoms with Gasteiger partial charge in [0.15, 0.2) is 0 Å². The molecule has 32 heavy (non-hydrogen) atoms. The number of nitrogens with two attached hydrogens (primary N) is 1. The summed E-state index contributed by atoms with van der Waals surface area (Å²) < 4.78 is 11.7. The highest BCUT2D eigenvalue weighted by Gasteiger charge is 2.42. The number of nitrogens with one attached hydrogen (secondary N) is 1. The van der Waals surface area contributed by atoms with Crippen LogP contribution in [0.3, 0.4) is 0 Å². The Morgan fingerprint density at radius 2 is 1.88 bits per heavy atom. The molecule has 1 aliphatic carbocycles. The second-order valence-electron chi connectivity index (χ2n) is 8.55. The molecule has 0 unspecified atom stereocenters. The van der Waals surface area contributed by atoms with Gasteiger partial charge >= 0.3 is 0 Å². The summed E-state index contributed by atoms with van der Waals surface area (Å²) in [6.07, 6.45) is 8.67. The van der Waals surface area contributed by atoms with Crippen LogP contribution in [0.2, 0.25) is 0 Å². The van der Waals surface area contributed by atoms with Crippen molar-refractivity contribution in [1.82, 2.24) is 15.2 Å². The van der Waals surface area contributed by atoms with Crippen LogP contribution in [0.4, 0.5) is 0 Å². The topological polar surface area (TPSA) is 124 Å². The lowest BCUT2D eigenvalue weighted by Gasteiger charge is -2.29. The van der Waals surface area contributed by atoms with E-state index in [1.54, 1.807) is 24.3 Å². The quantitative estimate of drug-likeness (QED) is 0.494. The van der Waals surface area contributed by atoms with Gasteiger partial charge in [0.1, 0.15) is 0 Å². The number of likely N-dealkylation sites (tertiary alicyclic amines) is 1. The van der Waals surface area contributed by atoms with Crippen LogP contribution in [0.15, 0.2) is 24.5 Å². The van der Waals surface area contributed by atoms with Gasteiger partial charge in [-0.3, -0.25) is 19.4 Å². The molecule has 2 heterocycles. The summed E-state index contributed by atoms with van der Waals surface area (Å²) in [6.45, 7) is 1.41. The Labute approximate surface area is 189 Å². The van der Waals surface area contributed by atoms with E-state index in [2.05, 4.69) is 10.3 Å². The number of amides is 3. The van der Waals surface area contributed by atoms with Gasteiger partial charge in [0.25, 0.3) is 0 Å². The van der Waals surface area contributed by atoms with E-state index in [4.69, 9.17) is 15.2 Å². The summed E-state index contributed by atoms with van der Waals surface area (Å²) in [5.41, 5.74) is 6.00. The van der Waals surface area contributed by atoms with E-state index in [-0.39, 0.29) is 42.4 Å². The summed E-state index contributed by atoms with van der Waals surface area (Å²) in [7, 11) is 1.73. The molecule has 3 rings (SSSR count). The molecule has 3 amide bonds. The molecule has 176 valence electrons. The van der Waals surface area contributed by atoms with Gasteiger partial charge < -0.3 is 25.4 Å². The van der Waals surface area contributed by atoms with Gasteiger partial charge in [-0.1, -0.05) is 6.07 Å². The molecule has 2 atom stereocenters. The second-order valence-corrected chi connectivity index (χ2v) is 8.55. The standard InChI is InChI=1S/C23H34N4O5/c1-27-21(29)14-19(22(27)16-4-2-10-25-15-16)23(30)26-11-13-32-18-8-6-17(7-9-18)31-12-3-5-20(24)28/h2,4,10,15,17-19,22H,3,5-9,11-14H2,1H3,(H2,24,28)(H,26,30)/t17-,18+,19-,22+/m0/s1. The largest absolute Gasteiger partial charge is 0.378 e. The van der Waals surface area contributed by atoms with Gasteiger partial charge in [-0.2, -0.15) is 0 Å². The van der Waals surface area contributed by atoms with Crippen molar-refractivity contribution in [2.45, 2.75) is 63.2 Å². The maximum atomic E-state index is 12.8. The minimum Gasteiger partial charge on any atom is -0.378 e. The molecule has 1 saturated carbocycles. The number of hydrogen-bond acceptors (Lipinski definition) is 6. The fourth-order valence-electron chi connectivity index (χ4n) is 4.50. The summed E-state index contributed by atoms with van der Waals surface area (Å²) >= 11 is 0.